The van der Waals surface area contributed by atoms with Crippen molar-refractivity contribution in [1.29, 1.82) is 0 Å². The molecule has 0 radical (unpaired) electrons. The van der Waals surface area contributed by atoms with Gasteiger partial charge >= 0.3 is 0 Å². The fourth-order valence-electron chi connectivity index (χ4n) is 1.97. The summed E-state index contributed by atoms with van der Waals surface area (Å²) >= 11 is 3.40. The minimum Gasteiger partial charge on any atom is -0.360 e. The number of aromatic amines is 2. The van der Waals surface area contributed by atoms with E-state index < -0.39 is 0 Å². The first-order valence-corrected chi connectivity index (χ1v) is 6.10. The zero-order valence-electron chi connectivity index (χ0n) is 8.38. The minimum absolute atomic E-state index is 0.0459. The van der Waals surface area contributed by atoms with Gasteiger partial charge in [-0.05, 0) is 17.7 Å². The third-order valence-corrected chi connectivity index (χ3v) is 3.39. The number of aromatic nitrogens is 2. The maximum Gasteiger partial charge on any atom is 0.257 e. The van der Waals surface area contributed by atoms with E-state index in [1.54, 1.807) is 12.3 Å². The van der Waals surface area contributed by atoms with Crippen LogP contribution in [0.5, 0.6) is 0 Å². The number of alkyl halides is 1. The van der Waals surface area contributed by atoms with Crippen LogP contribution in [0.2, 0.25) is 0 Å². The molecule has 2 aromatic heterocycles. The summed E-state index contributed by atoms with van der Waals surface area (Å²) in [5.74, 6) is 0. The molecule has 0 atom stereocenters. The molecule has 4 heteroatoms. The highest BCUT2D eigenvalue weighted by Crippen LogP contribution is 2.21. The molecule has 0 saturated carbocycles. The zero-order chi connectivity index (χ0) is 11.1. The molecule has 0 aliphatic rings. The van der Waals surface area contributed by atoms with Crippen LogP contribution >= 0.6 is 15.9 Å². The van der Waals surface area contributed by atoms with Crippen LogP contribution < -0.4 is 5.56 Å². The van der Waals surface area contributed by atoms with E-state index in [0.717, 1.165) is 27.3 Å². The van der Waals surface area contributed by atoms with E-state index in [4.69, 9.17) is 0 Å². The highest BCUT2D eigenvalue weighted by molar-refractivity contribution is 9.08. The smallest absolute Gasteiger partial charge is 0.257 e. The van der Waals surface area contributed by atoms with Crippen molar-refractivity contribution in [3.8, 4) is 0 Å². The van der Waals surface area contributed by atoms with Gasteiger partial charge in [0.1, 0.15) is 0 Å². The van der Waals surface area contributed by atoms with E-state index in [9.17, 15) is 4.79 Å². The predicted molar refractivity (Wildman–Crippen MR) is 69.1 cm³/mol. The lowest BCUT2D eigenvalue weighted by Crippen LogP contribution is -2.05. The quantitative estimate of drug-likeness (QED) is 0.660. The summed E-state index contributed by atoms with van der Waals surface area (Å²) in [4.78, 5) is 17.8. The lowest BCUT2D eigenvalue weighted by atomic mass is 10.1. The Morgan fingerprint density at radius 2 is 2.06 bits per heavy atom. The molecule has 3 nitrogen and oxygen atoms in total. The van der Waals surface area contributed by atoms with Crippen LogP contribution in [0.4, 0.5) is 0 Å². The van der Waals surface area contributed by atoms with Crippen LogP contribution in [-0.4, -0.2) is 9.97 Å². The standard InChI is InChI=1S/C12H9BrN2O/c13-6-7-1-2-8-10(5-7)15-12(16)9-3-4-14-11(8)9/h1-5,14H,6H2,(H,15,16). The molecule has 0 spiro atoms. The van der Waals surface area contributed by atoms with Crippen molar-refractivity contribution in [1.82, 2.24) is 9.97 Å². The molecule has 3 aromatic rings. The summed E-state index contributed by atoms with van der Waals surface area (Å²) in [6, 6.07) is 7.87. The van der Waals surface area contributed by atoms with Crippen molar-refractivity contribution in [2.24, 2.45) is 0 Å². The van der Waals surface area contributed by atoms with Crippen molar-refractivity contribution in [2.75, 3.05) is 0 Å². The van der Waals surface area contributed by atoms with Crippen molar-refractivity contribution in [3.05, 3.63) is 46.4 Å². The molecule has 1 aromatic carbocycles. The number of hydrogen-bond acceptors (Lipinski definition) is 1. The molecule has 0 unspecified atom stereocenters. The first-order valence-electron chi connectivity index (χ1n) is 4.97. The van der Waals surface area contributed by atoms with Gasteiger partial charge in [0.2, 0.25) is 0 Å². The van der Waals surface area contributed by atoms with Gasteiger partial charge in [0.05, 0.1) is 16.4 Å². The summed E-state index contributed by atoms with van der Waals surface area (Å²) in [6.07, 6.45) is 1.79. The third-order valence-electron chi connectivity index (χ3n) is 2.75. The first-order chi connectivity index (χ1) is 7.79. The summed E-state index contributed by atoms with van der Waals surface area (Å²) in [6.45, 7) is 0. The van der Waals surface area contributed by atoms with Gasteiger partial charge in [-0.25, -0.2) is 0 Å². The number of hydrogen-bond donors (Lipinski definition) is 2. The molecule has 0 aliphatic carbocycles. The number of halogens is 1. The molecule has 3 rings (SSSR count). The Bertz CT molecular complexity index is 727. The van der Waals surface area contributed by atoms with Crippen LogP contribution in [0.3, 0.4) is 0 Å². The number of benzene rings is 1. The topological polar surface area (TPSA) is 48.6 Å². The fraction of sp³-hybridized carbons (Fsp3) is 0.0833. The molecule has 0 amide bonds. The van der Waals surface area contributed by atoms with Gasteiger partial charge in [-0.15, -0.1) is 0 Å². The average Bonchev–Trinajstić information content (AvgIpc) is 2.78. The maximum absolute atomic E-state index is 11.8. The Morgan fingerprint density at radius 1 is 1.19 bits per heavy atom. The monoisotopic (exact) mass is 276 g/mol. The van der Waals surface area contributed by atoms with Gasteiger partial charge in [-0.1, -0.05) is 28.1 Å². The average molecular weight is 277 g/mol. The molecule has 0 bridgehead atoms. The van der Waals surface area contributed by atoms with E-state index in [1.165, 1.54) is 0 Å². The maximum atomic E-state index is 11.8. The molecular formula is C12H9BrN2O. The van der Waals surface area contributed by atoms with Gasteiger partial charge in [-0.3, -0.25) is 4.79 Å². The Morgan fingerprint density at radius 3 is 2.88 bits per heavy atom. The molecule has 2 N–H and O–H groups in total. The lowest BCUT2D eigenvalue weighted by Gasteiger charge is -2.02. The van der Waals surface area contributed by atoms with Crippen LogP contribution in [-0.2, 0) is 5.33 Å². The Labute approximate surface area is 99.6 Å². The van der Waals surface area contributed by atoms with Crippen LogP contribution in [0, 0.1) is 0 Å². The van der Waals surface area contributed by atoms with E-state index in [0.29, 0.717) is 5.39 Å². The van der Waals surface area contributed by atoms with E-state index in [1.807, 2.05) is 12.1 Å². The van der Waals surface area contributed by atoms with Crippen molar-refractivity contribution in [2.45, 2.75) is 5.33 Å². The van der Waals surface area contributed by atoms with Crippen LogP contribution in [0.25, 0.3) is 21.8 Å². The molecule has 2 heterocycles. The first kappa shape index (κ1) is 9.66. The highest BCUT2D eigenvalue weighted by Gasteiger charge is 2.05. The van der Waals surface area contributed by atoms with Crippen molar-refractivity contribution >= 4 is 37.7 Å². The summed E-state index contributed by atoms with van der Waals surface area (Å²) < 4.78 is 0. The second-order valence-electron chi connectivity index (χ2n) is 3.73. The molecule has 16 heavy (non-hydrogen) atoms. The highest BCUT2D eigenvalue weighted by atomic mass is 79.9. The minimum atomic E-state index is -0.0459. The van der Waals surface area contributed by atoms with Gasteiger partial charge in [0.25, 0.3) is 5.56 Å². The predicted octanol–water partition coefficient (Wildman–Crippen LogP) is 2.90. The van der Waals surface area contributed by atoms with Gasteiger partial charge in [-0.2, -0.15) is 0 Å². The molecule has 0 aliphatic heterocycles. The van der Waals surface area contributed by atoms with Crippen molar-refractivity contribution in [3.63, 3.8) is 0 Å². The SMILES string of the molecule is O=c1[nH]c2cc(CBr)ccc2c2[nH]ccc12. The normalized spacial score (nSPS) is 11.3. The molecular weight excluding hydrogens is 268 g/mol. The van der Waals surface area contributed by atoms with Gasteiger partial charge in [0.15, 0.2) is 0 Å². The number of nitrogens with one attached hydrogen (secondary N) is 2. The van der Waals surface area contributed by atoms with Crippen LogP contribution in [0.15, 0.2) is 35.3 Å². The summed E-state index contributed by atoms with van der Waals surface area (Å²) in [5.41, 5.74) is 2.88. The molecule has 0 fully saturated rings. The molecule has 80 valence electrons. The Kier molecular flexibility index (Phi) is 2.11. The number of fused-ring (bicyclic) bond motifs is 3. The summed E-state index contributed by atoms with van der Waals surface area (Å²) in [7, 11) is 0. The van der Waals surface area contributed by atoms with Crippen LogP contribution in [0.1, 0.15) is 5.56 Å². The van der Waals surface area contributed by atoms with E-state index in [2.05, 4.69) is 32.0 Å². The van der Waals surface area contributed by atoms with Gasteiger partial charge < -0.3 is 9.97 Å². The second kappa shape index (κ2) is 3.49. The van der Waals surface area contributed by atoms with E-state index in [-0.39, 0.29) is 5.56 Å². The fourth-order valence-corrected chi connectivity index (χ4v) is 2.32. The van der Waals surface area contributed by atoms with E-state index >= 15 is 0 Å². The van der Waals surface area contributed by atoms with Gasteiger partial charge in [0, 0.05) is 16.9 Å². The Balaban J connectivity index is 2.53. The second-order valence-corrected chi connectivity index (χ2v) is 4.29. The largest absolute Gasteiger partial charge is 0.360 e. The van der Waals surface area contributed by atoms with Crippen molar-refractivity contribution < 1.29 is 0 Å². The number of pyridine rings is 1. The number of rotatable bonds is 1. The summed E-state index contributed by atoms with van der Waals surface area (Å²) in [5, 5.41) is 2.54. The third kappa shape index (κ3) is 1.30. The number of H-pyrrole nitrogens is 2. The zero-order valence-corrected chi connectivity index (χ0v) is 9.97. The Hall–Kier alpha value is -1.55. The lowest BCUT2D eigenvalue weighted by molar-refractivity contribution is 1.33. The molecule has 0 saturated heterocycles.